The smallest absolute Gasteiger partial charge is 0.303 e. The van der Waals surface area contributed by atoms with Gasteiger partial charge in [-0.05, 0) is 31.9 Å². The quantitative estimate of drug-likeness (QED) is 0.620. The molecule has 0 aliphatic heterocycles. The van der Waals surface area contributed by atoms with Gasteiger partial charge in [0.05, 0.1) is 10.7 Å². The predicted molar refractivity (Wildman–Crippen MR) is 100.0 cm³/mol. The van der Waals surface area contributed by atoms with E-state index in [-0.39, 0.29) is 12.3 Å². The summed E-state index contributed by atoms with van der Waals surface area (Å²) in [5, 5.41) is 14.5. The summed E-state index contributed by atoms with van der Waals surface area (Å²) in [6, 6.07) is 7.52. The fraction of sp³-hybridized carbons (Fsp3) is 0.421. The molecule has 2 aromatic rings. The molecule has 0 spiro atoms. The minimum Gasteiger partial charge on any atom is -0.481 e. The van der Waals surface area contributed by atoms with Crippen LogP contribution in [0.2, 0.25) is 0 Å². The Morgan fingerprint density at radius 1 is 1.16 bits per heavy atom. The molecule has 0 aliphatic rings. The Kier molecular flexibility index (Phi) is 7.60. The number of aryl methyl sites for hydroxylation is 1. The van der Waals surface area contributed by atoms with Crippen molar-refractivity contribution in [1.29, 1.82) is 0 Å². The number of nitrogens with zero attached hydrogens (tertiary/aromatic N) is 1. The van der Waals surface area contributed by atoms with Crippen molar-refractivity contribution in [1.82, 2.24) is 10.3 Å². The minimum atomic E-state index is -0.734. The summed E-state index contributed by atoms with van der Waals surface area (Å²) >= 11 is 1.60. The van der Waals surface area contributed by atoms with Crippen LogP contribution in [0, 0.1) is 6.92 Å². The van der Waals surface area contributed by atoms with Crippen molar-refractivity contribution in [3.05, 3.63) is 40.2 Å². The number of carbonyl (C=O) groups is 2. The van der Waals surface area contributed by atoms with E-state index in [2.05, 4.69) is 10.3 Å². The Labute approximate surface area is 152 Å². The summed E-state index contributed by atoms with van der Waals surface area (Å²) in [4.78, 5) is 27.1. The molecule has 0 bridgehead atoms. The predicted octanol–water partition coefficient (Wildman–Crippen LogP) is 4.27. The monoisotopic (exact) mass is 360 g/mol. The van der Waals surface area contributed by atoms with Gasteiger partial charge in [-0.15, -0.1) is 11.3 Å². The highest BCUT2D eigenvalue weighted by Crippen LogP contribution is 2.22. The van der Waals surface area contributed by atoms with Crippen LogP contribution in [0.4, 0.5) is 0 Å². The highest BCUT2D eigenvalue weighted by atomic mass is 32.1. The van der Waals surface area contributed by atoms with Crippen LogP contribution in [0.25, 0.3) is 11.3 Å². The van der Waals surface area contributed by atoms with Gasteiger partial charge in [0.15, 0.2) is 0 Å². The lowest BCUT2D eigenvalue weighted by molar-refractivity contribution is -0.137. The van der Waals surface area contributed by atoms with Crippen LogP contribution >= 0.6 is 11.3 Å². The molecule has 2 rings (SSSR count). The van der Waals surface area contributed by atoms with E-state index in [0.717, 1.165) is 48.4 Å². The molecule has 0 atom stereocenters. The van der Waals surface area contributed by atoms with Crippen LogP contribution < -0.4 is 5.32 Å². The number of thiazole rings is 1. The van der Waals surface area contributed by atoms with Gasteiger partial charge in [-0.3, -0.25) is 9.59 Å². The SMILES string of the molecule is Cc1nc(-c2cccc(C(=O)NCCCCCCCC(=O)O)c2)cs1. The van der Waals surface area contributed by atoms with Crippen molar-refractivity contribution in [2.24, 2.45) is 0 Å². The maximum absolute atomic E-state index is 12.2. The van der Waals surface area contributed by atoms with Crippen molar-refractivity contribution in [3.63, 3.8) is 0 Å². The number of amides is 1. The van der Waals surface area contributed by atoms with Gasteiger partial charge in [-0.1, -0.05) is 31.4 Å². The fourth-order valence-electron chi connectivity index (χ4n) is 2.55. The number of carboxylic acids is 1. The summed E-state index contributed by atoms with van der Waals surface area (Å²) in [6.07, 6.45) is 4.80. The van der Waals surface area contributed by atoms with Crippen LogP contribution in [-0.4, -0.2) is 28.5 Å². The summed E-state index contributed by atoms with van der Waals surface area (Å²) in [5.41, 5.74) is 2.50. The Hall–Kier alpha value is -2.21. The molecule has 1 aromatic carbocycles. The van der Waals surface area contributed by atoms with Gasteiger partial charge in [0.2, 0.25) is 0 Å². The first-order chi connectivity index (χ1) is 12.1. The topological polar surface area (TPSA) is 79.3 Å². The van der Waals surface area contributed by atoms with E-state index >= 15 is 0 Å². The second-order valence-electron chi connectivity index (χ2n) is 6.00. The van der Waals surface area contributed by atoms with Gasteiger partial charge in [-0.25, -0.2) is 4.98 Å². The number of nitrogens with one attached hydrogen (secondary N) is 1. The van der Waals surface area contributed by atoms with Gasteiger partial charge in [0, 0.05) is 29.5 Å². The average molecular weight is 360 g/mol. The van der Waals surface area contributed by atoms with Crippen molar-refractivity contribution in [2.45, 2.75) is 45.4 Å². The summed E-state index contributed by atoms with van der Waals surface area (Å²) in [5.74, 6) is -0.804. The Balaban J connectivity index is 1.71. The number of carboxylic acid groups (broad SMARTS) is 1. The lowest BCUT2D eigenvalue weighted by atomic mass is 10.1. The van der Waals surface area contributed by atoms with Crippen molar-refractivity contribution < 1.29 is 14.7 Å². The lowest BCUT2D eigenvalue weighted by Crippen LogP contribution is -2.24. The van der Waals surface area contributed by atoms with Crippen LogP contribution in [0.5, 0.6) is 0 Å². The molecule has 0 aliphatic carbocycles. The second-order valence-corrected chi connectivity index (χ2v) is 7.06. The van der Waals surface area contributed by atoms with Crippen molar-refractivity contribution in [2.75, 3.05) is 6.54 Å². The van der Waals surface area contributed by atoms with Crippen LogP contribution in [0.1, 0.15) is 53.9 Å². The Morgan fingerprint density at radius 3 is 2.64 bits per heavy atom. The third-order valence-electron chi connectivity index (χ3n) is 3.89. The number of benzene rings is 1. The van der Waals surface area contributed by atoms with E-state index in [1.54, 1.807) is 11.3 Å². The molecule has 2 N–H and O–H groups in total. The standard InChI is InChI=1S/C19H24N2O3S/c1-14-21-17(13-25-14)15-8-7-9-16(12-15)19(24)20-11-6-4-2-3-5-10-18(22)23/h7-9,12-13H,2-6,10-11H2,1H3,(H,20,24)(H,22,23). The van der Waals surface area contributed by atoms with Gasteiger partial charge < -0.3 is 10.4 Å². The van der Waals surface area contributed by atoms with E-state index in [9.17, 15) is 9.59 Å². The summed E-state index contributed by atoms with van der Waals surface area (Å²) in [7, 11) is 0. The van der Waals surface area contributed by atoms with E-state index in [1.807, 2.05) is 36.6 Å². The summed E-state index contributed by atoms with van der Waals surface area (Å²) < 4.78 is 0. The molecule has 134 valence electrons. The van der Waals surface area contributed by atoms with E-state index in [1.165, 1.54) is 0 Å². The molecular weight excluding hydrogens is 336 g/mol. The zero-order chi connectivity index (χ0) is 18.1. The number of hydrogen-bond acceptors (Lipinski definition) is 4. The van der Waals surface area contributed by atoms with Crippen molar-refractivity contribution in [3.8, 4) is 11.3 Å². The number of rotatable bonds is 10. The maximum atomic E-state index is 12.2. The second kappa shape index (κ2) is 9.93. The fourth-order valence-corrected chi connectivity index (χ4v) is 3.17. The molecule has 5 nitrogen and oxygen atoms in total. The molecular formula is C19H24N2O3S. The molecule has 0 saturated heterocycles. The molecule has 1 aromatic heterocycles. The van der Waals surface area contributed by atoms with Gasteiger partial charge in [-0.2, -0.15) is 0 Å². The zero-order valence-corrected chi connectivity index (χ0v) is 15.3. The molecule has 0 fully saturated rings. The third kappa shape index (κ3) is 6.66. The lowest BCUT2D eigenvalue weighted by Gasteiger charge is -2.06. The first kappa shape index (κ1) is 19.1. The number of carbonyl (C=O) groups excluding carboxylic acids is 1. The molecule has 1 heterocycles. The highest BCUT2D eigenvalue weighted by molar-refractivity contribution is 7.09. The largest absolute Gasteiger partial charge is 0.481 e. The number of hydrogen-bond donors (Lipinski definition) is 2. The molecule has 25 heavy (non-hydrogen) atoms. The number of aromatic nitrogens is 1. The highest BCUT2D eigenvalue weighted by Gasteiger charge is 2.08. The van der Waals surface area contributed by atoms with E-state index in [0.29, 0.717) is 12.1 Å². The molecule has 6 heteroatoms. The zero-order valence-electron chi connectivity index (χ0n) is 14.5. The average Bonchev–Trinajstić information content (AvgIpc) is 3.03. The minimum absolute atomic E-state index is 0.0697. The Bertz CT molecular complexity index is 712. The van der Waals surface area contributed by atoms with Crippen LogP contribution in [0.3, 0.4) is 0 Å². The molecule has 0 saturated carbocycles. The number of aliphatic carboxylic acids is 1. The first-order valence-corrected chi connectivity index (χ1v) is 9.47. The molecule has 1 amide bonds. The number of unbranched alkanes of at least 4 members (excludes halogenated alkanes) is 4. The van der Waals surface area contributed by atoms with Gasteiger partial charge in [0.25, 0.3) is 5.91 Å². The molecule has 0 unspecified atom stereocenters. The van der Waals surface area contributed by atoms with Gasteiger partial charge in [0.1, 0.15) is 0 Å². The van der Waals surface area contributed by atoms with Crippen LogP contribution in [-0.2, 0) is 4.79 Å². The molecule has 0 radical (unpaired) electrons. The van der Waals surface area contributed by atoms with Crippen LogP contribution in [0.15, 0.2) is 29.6 Å². The maximum Gasteiger partial charge on any atom is 0.303 e. The first-order valence-electron chi connectivity index (χ1n) is 8.59. The van der Waals surface area contributed by atoms with Gasteiger partial charge >= 0.3 is 5.97 Å². The van der Waals surface area contributed by atoms with E-state index in [4.69, 9.17) is 5.11 Å². The van der Waals surface area contributed by atoms with E-state index < -0.39 is 5.97 Å². The summed E-state index contributed by atoms with van der Waals surface area (Å²) in [6.45, 7) is 2.60. The van der Waals surface area contributed by atoms with Crippen molar-refractivity contribution >= 4 is 23.2 Å². The Morgan fingerprint density at radius 2 is 1.92 bits per heavy atom. The third-order valence-corrected chi connectivity index (χ3v) is 4.67. The normalized spacial score (nSPS) is 10.6.